The fourth-order valence-corrected chi connectivity index (χ4v) is 2.11. The number of hydrogen-bond donors (Lipinski definition) is 1. The molecule has 0 aromatic heterocycles. The molecular weight excluding hydrogens is 234 g/mol. The summed E-state index contributed by atoms with van der Waals surface area (Å²) in [6.45, 7) is 5.77. The van der Waals surface area contributed by atoms with Crippen molar-refractivity contribution in [1.82, 2.24) is 14.7 Å². The predicted molar refractivity (Wildman–Crippen MR) is 68.5 cm³/mol. The third kappa shape index (κ3) is 3.13. The highest BCUT2D eigenvalue weighted by molar-refractivity contribution is 5.82. The summed E-state index contributed by atoms with van der Waals surface area (Å²) in [5.41, 5.74) is 0. The monoisotopic (exact) mass is 257 g/mol. The molecule has 0 aliphatic carbocycles. The van der Waals surface area contributed by atoms with E-state index in [1.165, 1.54) is 11.8 Å². The molecule has 18 heavy (non-hydrogen) atoms. The highest BCUT2D eigenvalue weighted by Gasteiger charge is 2.30. The Labute approximate surface area is 108 Å². The predicted octanol–water partition coefficient (Wildman–Crippen LogP) is 0.537. The summed E-state index contributed by atoms with van der Waals surface area (Å²) in [7, 11) is 3.60. The van der Waals surface area contributed by atoms with Gasteiger partial charge in [-0.05, 0) is 20.4 Å². The van der Waals surface area contributed by atoms with Crippen molar-refractivity contribution in [2.75, 3.05) is 33.7 Å². The second-order valence-electron chi connectivity index (χ2n) is 4.90. The van der Waals surface area contributed by atoms with E-state index in [2.05, 4.69) is 18.9 Å². The number of carbonyl (C=O) groups excluding carboxylic acids is 1. The van der Waals surface area contributed by atoms with Crippen molar-refractivity contribution in [3.8, 4) is 0 Å². The molecule has 0 bridgehead atoms. The van der Waals surface area contributed by atoms with Crippen molar-refractivity contribution < 1.29 is 14.7 Å². The largest absolute Gasteiger partial charge is 0.480 e. The number of urea groups is 1. The molecule has 0 saturated carbocycles. The maximum atomic E-state index is 12.2. The van der Waals surface area contributed by atoms with Crippen LogP contribution in [0.15, 0.2) is 0 Å². The minimum Gasteiger partial charge on any atom is -0.480 e. The van der Waals surface area contributed by atoms with Crippen LogP contribution in [0.1, 0.15) is 20.3 Å². The normalized spacial score (nSPS) is 22.7. The Hall–Kier alpha value is -1.30. The Morgan fingerprint density at radius 3 is 2.56 bits per heavy atom. The first-order chi connectivity index (χ1) is 8.38. The van der Waals surface area contributed by atoms with E-state index in [1.54, 1.807) is 11.9 Å². The summed E-state index contributed by atoms with van der Waals surface area (Å²) < 4.78 is 0. The number of carboxylic acids is 1. The molecule has 0 aromatic carbocycles. The number of rotatable bonds is 3. The van der Waals surface area contributed by atoms with E-state index in [-0.39, 0.29) is 6.03 Å². The molecule has 1 saturated heterocycles. The first kappa shape index (κ1) is 14.8. The summed E-state index contributed by atoms with van der Waals surface area (Å²) in [5, 5.41) is 8.92. The van der Waals surface area contributed by atoms with Crippen molar-refractivity contribution in [3.63, 3.8) is 0 Å². The minimum atomic E-state index is -0.980. The molecular formula is C12H23N3O3. The average Bonchev–Trinajstić information content (AvgIpc) is 2.36. The Balaban J connectivity index is 2.64. The van der Waals surface area contributed by atoms with Crippen LogP contribution in [0.5, 0.6) is 0 Å². The third-order valence-electron chi connectivity index (χ3n) is 3.76. The van der Waals surface area contributed by atoms with E-state index in [0.717, 1.165) is 13.0 Å². The van der Waals surface area contributed by atoms with Crippen LogP contribution in [0, 0.1) is 0 Å². The summed E-state index contributed by atoms with van der Waals surface area (Å²) in [4.78, 5) is 28.3. The second kappa shape index (κ2) is 6.04. The number of amides is 2. The van der Waals surface area contributed by atoms with Crippen molar-refractivity contribution >= 4 is 12.0 Å². The van der Waals surface area contributed by atoms with Gasteiger partial charge in [-0.3, -0.25) is 4.90 Å². The quantitative estimate of drug-likeness (QED) is 0.801. The molecule has 1 fully saturated rings. The lowest BCUT2D eigenvalue weighted by Crippen LogP contribution is -2.57. The first-order valence-electron chi connectivity index (χ1n) is 6.33. The van der Waals surface area contributed by atoms with Gasteiger partial charge in [0.05, 0.1) is 0 Å². The fraction of sp³-hybridized carbons (Fsp3) is 0.833. The van der Waals surface area contributed by atoms with Gasteiger partial charge in [-0.1, -0.05) is 6.92 Å². The van der Waals surface area contributed by atoms with Gasteiger partial charge in [-0.15, -0.1) is 0 Å². The number of carboxylic acid groups (broad SMARTS) is 1. The molecule has 0 radical (unpaired) electrons. The van der Waals surface area contributed by atoms with Crippen LogP contribution >= 0.6 is 0 Å². The molecule has 1 N–H and O–H groups in total. The van der Waals surface area contributed by atoms with Crippen LogP contribution in [-0.2, 0) is 4.79 Å². The van der Waals surface area contributed by atoms with Gasteiger partial charge in [0.25, 0.3) is 0 Å². The van der Waals surface area contributed by atoms with E-state index in [4.69, 9.17) is 5.11 Å². The van der Waals surface area contributed by atoms with Gasteiger partial charge in [-0.2, -0.15) is 0 Å². The van der Waals surface area contributed by atoms with Gasteiger partial charge < -0.3 is 14.9 Å². The Morgan fingerprint density at radius 2 is 2.06 bits per heavy atom. The SMILES string of the molecule is CCC1CN(C(=O)N(C)C(C)C(=O)O)CCN1C. The maximum absolute atomic E-state index is 12.2. The van der Waals surface area contributed by atoms with Gasteiger partial charge >= 0.3 is 12.0 Å². The Bertz CT molecular complexity index is 322. The first-order valence-corrected chi connectivity index (χ1v) is 6.33. The zero-order valence-electron chi connectivity index (χ0n) is 11.6. The molecule has 6 nitrogen and oxygen atoms in total. The van der Waals surface area contributed by atoms with Crippen LogP contribution in [0.2, 0.25) is 0 Å². The number of aliphatic carboxylic acids is 1. The zero-order valence-corrected chi connectivity index (χ0v) is 11.6. The third-order valence-corrected chi connectivity index (χ3v) is 3.76. The fourth-order valence-electron chi connectivity index (χ4n) is 2.11. The van der Waals surface area contributed by atoms with Gasteiger partial charge in [0.1, 0.15) is 6.04 Å². The van der Waals surface area contributed by atoms with Gasteiger partial charge in [0.15, 0.2) is 0 Å². The molecule has 6 heteroatoms. The van der Waals surface area contributed by atoms with E-state index < -0.39 is 12.0 Å². The number of piperazine rings is 1. The maximum Gasteiger partial charge on any atom is 0.326 e. The van der Waals surface area contributed by atoms with Crippen LogP contribution in [0.4, 0.5) is 4.79 Å². The van der Waals surface area contributed by atoms with Crippen LogP contribution in [-0.4, -0.2) is 77.6 Å². The summed E-state index contributed by atoms with van der Waals surface area (Å²) in [6, 6.07) is -0.634. The van der Waals surface area contributed by atoms with E-state index in [0.29, 0.717) is 19.1 Å². The lowest BCUT2D eigenvalue weighted by Gasteiger charge is -2.41. The molecule has 1 aliphatic heterocycles. The molecule has 0 spiro atoms. The lowest BCUT2D eigenvalue weighted by molar-refractivity contribution is -0.141. The van der Waals surface area contributed by atoms with Crippen LogP contribution in [0.3, 0.4) is 0 Å². The van der Waals surface area contributed by atoms with Gasteiger partial charge in [-0.25, -0.2) is 9.59 Å². The molecule has 2 amide bonds. The van der Waals surface area contributed by atoms with Crippen molar-refractivity contribution in [3.05, 3.63) is 0 Å². The molecule has 2 unspecified atom stereocenters. The van der Waals surface area contributed by atoms with Crippen molar-refractivity contribution in [2.24, 2.45) is 0 Å². The highest BCUT2D eigenvalue weighted by Crippen LogP contribution is 2.13. The average molecular weight is 257 g/mol. The molecule has 2 atom stereocenters. The molecule has 0 aromatic rings. The van der Waals surface area contributed by atoms with Crippen molar-refractivity contribution in [2.45, 2.75) is 32.4 Å². The summed E-state index contributed by atoms with van der Waals surface area (Å²) in [6.07, 6.45) is 0.985. The van der Waals surface area contributed by atoms with Crippen molar-refractivity contribution in [1.29, 1.82) is 0 Å². The standard InChI is InChI=1S/C12H23N3O3/c1-5-10-8-15(7-6-13(10)3)12(18)14(4)9(2)11(16)17/h9-10H,5-8H2,1-4H3,(H,16,17). The summed E-state index contributed by atoms with van der Waals surface area (Å²) in [5.74, 6) is -0.980. The Morgan fingerprint density at radius 1 is 1.44 bits per heavy atom. The molecule has 104 valence electrons. The number of hydrogen-bond acceptors (Lipinski definition) is 3. The van der Waals surface area contributed by atoms with E-state index >= 15 is 0 Å². The number of carbonyl (C=O) groups is 2. The number of likely N-dealkylation sites (N-methyl/N-ethyl adjacent to an activating group) is 2. The van der Waals surface area contributed by atoms with Crippen LogP contribution in [0.25, 0.3) is 0 Å². The van der Waals surface area contributed by atoms with E-state index in [9.17, 15) is 9.59 Å². The highest BCUT2D eigenvalue weighted by atomic mass is 16.4. The van der Waals surface area contributed by atoms with Gasteiger partial charge in [0, 0.05) is 32.7 Å². The lowest BCUT2D eigenvalue weighted by atomic mass is 10.1. The second-order valence-corrected chi connectivity index (χ2v) is 4.90. The molecule has 1 rings (SSSR count). The summed E-state index contributed by atoms with van der Waals surface area (Å²) >= 11 is 0. The zero-order chi connectivity index (χ0) is 13.9. The molecule has 1 aliphatic rings. The topological polar surface area (TPSA) is 64.1 Å². The minimum absolute atomic E-state index is 0.198. The smallest absolute Gasteiger partial charge is 0.326 e. The molecule has 1 heterocycles. The number of nitrogens with zero attached hydrogens (tertiary/aromatic N) is 3. The Kier molecular flexibility index (Phi) is 4.95. The van der Waals surface area contributed by atoms with E-state index in [1.807, 2.05) is 0 Å². The van der Waals surface area contributed by atoms with Gasteiger partial charge in [0.2, 0.25) is 0 Å². The van der Waals surface area contributed by atoms with Crippen LogP contribution < -0.4 is 0 Å².